The highest BCUT2D eigenvalue weighted by atomic mass is 16.5. The van der Waals surface area contributed by atoms with Crippen molar-refractivity contribution in [1.29, 1.82) is 0 Å². The van der Waals surface area contributed by atoms with Crippen molar-refractivity contribution in [1.82, 2.24) is 0 Å². The van der Waals surface area contributed by atoms with Crippen LogP contribution < -0.4 is 15.0 Å². The molecule has 0 spiro atoms. The average Bonchev–Trinajstić information content (AvgIpc) is 3.10. The molecule has 5 aromatic rings. The first kappa shape index (κ1) is 31.5. The first-order chi connectivity index (χ1) is 22.5. The summed E-state index contributed by atoms with van der Waals surface area (Å²) >= 11 is 0. The lowest BCUT2D eigenvalue weighted by atomic mass is 10.00. The number of ether oxygens (including phenoxy) is 1. The molecule has 7 nitrogen and oxygen atoms in total. The van der Waals surface area contributed by atoms with Gasteiger partial charge in [-0.15, -0.1) is 0 Å². The number of carbonyl (C=O) groups excluding carboxylic acids is 2. The second-order valence-corrected chi connectivity index (χ2v) is 10.5. The first-order valence-corrected chi connectivity index (χ1v) is 15.0. The normalized spacial score (nSPS) is 11.5. The fraction of sp³-hybridized carbons (Fsp3) is 0.103. The van der Waals surface area contributed by atoms with Crippen molar-refractivity contribution in [3.63, 3.8) is 0 Å². The summed E-state index contributed by atoms with van der Waals surface area (Å²) in [6.07, 6.45) is 3.53. The largest absolute Gasteiger partial charge is 0.492 e. The number of ketones is 1. The van der Waals surface area contributed by atoms with Crippen LogP contribution in [0.3, 0.4) is 0 Å². The molecular weight excluding hydrogens is 576 g/mol. The third-order valence-electron chi connectivity index (χ3n) is 7.33. The van der Waals surface area contributed by atoms with E-state index < -0.39 is 12.0 Å². The Morgan fingerprint density at radius 1 is 0.739 bits per heavy atom. The standard InChI is InChI=1S/C39H34N2O5/c42-37(25-22-29-12-4-1-5-13-29)41(32-16-8-3-9-17-32)26-27-46-33-23-20-30(21-24-33)28-36(39(44)45)40-35-19-11-10-18-34(35)38(43)31-14-6-2-7-15-31/h1-25,36,40H,26-28H2,(H,44,45)/t36-/m0/s1. The van der Waals surface area contributed by atoms with Crippen molar-refractivity contribution in [3.05, 3.63) is 168 Å². The number of nitrogens with zero attached hydrogens (tertiary/aromatic N) is 1. The summed E-state index contributed by atoms with van der Waals surface area (Å²) in [6, 6.07) is 41.1. The highest BCUT2D eigenvalue weighted by Gasteiger charge is 2.21. The number of carboxylic acid groups (broad SMARTS) is 1. The molecule has 0 heterocycles. The van der Waals surface area contributed by atoms with E-state index in [2.05, 4.69) is 5.32 Å². The van der Waals surface area contributed by atoms with Crippen LogP contribution in [0.2, 0.25) is 0 Å². The predicted octanol–water partition coefficient (Wildman–Crippen LogP) is 7.15. The van der Waals surface area contributed by atoms with Crippen LogP contribution in [0.4, 0.5) is 11.4 Å². The van der Waals surface area contributed by atoms with E-state index in [1.54, 1.807) is 77.7 Å². The summed E-state index contributed by atoms with van der Waals surface area (Å²) in [7, 11) is 0. The molecule has 46 heavy (non-hydrogen) atoms. The molecule has 0 aliphatic heterocycles. The third-order valence-corrected chi connectivity index (χ3v) is 7.33. The predicted molar refractivity (Wildman–Crippen MR) is 181 cm³/mol. The van der Waals surface area contributed by atoms with Gasteiger partial charge in [0.15, 0.2) is 5.78 Å². The lowest BCUT2D eigenvalue weighted by Gasteiger charge is -2.22. The molecule has 7 heteroatoms. The SMILES string of the molecule is O=C(c1ccccc1)c1ccccc1N[C@@H](Cc1ccc(OCCN(C(=O)C=Cc2ccccc2)c2ccccc2)cc1)C(=O)O. The fourth-order valence-electron chi connectivity index (χ4n) is 4.95. The Kier molecular flexibility index (Phi) is 10.7. The minimum absolute atomic E-state index is 0.159. The van der Waals surface area contributed by atoms with Gasteiger partial charge in [0.05, 0.1) is 6.54 Å². The highest BCUT2D eigenvalue weighted by Crippen LogP contribution is 2.22. The number of para-hydroxylation sites is 2. The molecule has 0 saturated carbocycles. The third kappa shape index (κ3) is 8.57. The topological polar surface area (TPSA) is 95.9 Å². The zero-order chi connectivity index (χ0) is 32.1. The van der Waals surface area contributed by atoms with E-state index >= 15 is 0 Å². The summed E-state index contributed by atoms with van der Waals surface area (Å²) in [5, 5.41) is 13.1. The summed E-state index contributed by atoms with van der Waals surface area (Å²) in [5.74, 6) is -0.778. The van der Waals surface area contributed by atoms with Crippen LogP contribution in [-0.4, -0.2) is 42.0 Å². The number of hydrogen-bond acceptors (Lipinski definition) is 5. The zero-order valence-corrected chi connectivity index (χ0v) is 25.2. The first-order valence-electron chi connectivity index (χ1n) is 15.0. The Morgan fingerprint density at radius 3 is 2.02 bits per heavy atom. The molecule has 1 atom stereocenters. The van der Waals surface area contributed by atoms with Crippen LogP contribution in [0.15, 0.2) is 146 Å². The van der Waals surface area contributed by atoms with Gasteiger partial charge in [-0.25, -0.2) is 4.79 Å². The van der Waals surface area contributed by atoms with E-state index in [0.717, 1.165) is 16.8 Å². The van der Waals surface area contributed by atoms with Crippen LogP contribution in [0.25, 0.3) is 6.08 Å². The quantitative estimate of drug-likeness (QED) is 0.102. The molecule has 230 valence electrons. The molecule has 5 aromatic carbocycles. The molecule has 0 radical (unpaired) electrons. The van der Waals surface area contributed by atoms with Crippen molar-refractivity contribution in [2.75, 3.05) is 23.4 Å². The van der Waals surface area contributed by atoms with Crippen LogP contribution in [-0.2, 0) is 16.0 Å². The van der Waals surface area contributed by atoms with E-state index in [1.165, 1.54) is 0 Å². The van der Waals surface area contributed by atoms with E-state index in [9.17, 15) is 19.5 Å². The number of carbonyl (C=O) groups is 3. The number of hydrogen-bond donors (Lipinski definition) is 2. The molecule has 0 aliphatic carbocycles. The average molecular weight is 611 g/mol. The molecule has 0 saturated heterocycles. The van der Waals surface area contributed by atoms with Gasteiger partial charge in [-0.3, -0.25) is 9.59 Å². The summed E-state index contributed by atoms with van der Waals surface area (Å²) in [6.45, 7) is 0.584. The van der Waals surface area contributed by atoms with Crippen molar-refractivity contribution in [3.8, 4) is 5.75 Å². The lowest BCUT2D eigenvalue weighted by molar-refractivity contribution is -0.137. The number of amides is 1. The Hall–Kier alpha value is -5.95. The minimum Gasteiger partial charge on any atom is -0.492 e. The number of anilines is 2. The Labute approximate surface area is 268 Å². The van der Waals surface area contributed by atoms with Crippen LogP contribution in [0.1, 0.15) is 27.0 Å². The Bertz CT molecular complexity index is 1770. The van der Waals surface area contributed by atoms with Crippen LogP contribution in [0.5, 0.6) is 5.75 Å². The molecule has 5 rings (SSSR count). The van der Waals surface area contributed by atoms with Crippen molar-refractivity contribution < 1.29 is 24.2 Å². The lowest BCUT2D eigenvalue weighted by Crippen LogP contribution is -2.33. The second-order valence-electron chi connectivity index (χ2n) is 10.5. The van der Waals surface area contributed by atoms with E-state index in [-0.39, 0.29) is 24.7 Å². The van der Waals surface area contributed by atoms with Crippen LogP contribution >= 0.6 is 0 Å². The van der Waals surface area contributed by atoms with E-state index in [0.29, 0.717) is 29.1 Å². The molecule has 1 amide bonds. The van der Waals surface area contributed by atoms with Crippen molar-refractivity contribution in [2.24, 2.45) is 0 Å². The number of rotatable bonds is 14. The number of nitrogens with one attached hydrogen (secondary N) is 1. The number of aliphatic carboxylic acids is 1. The van der Waals surface area contributed by atoms with Crippen molar-refractivity contribution >= 4 is 35.1 Å². The van der Waals surface area contributed by atoms with Gasteiger partial charge in [-0.2, -0.15) is 0 Å². The summed E-state index contributed by atoms with van der Waals surface area (Å²) < 4.78 is 5.97. The maximum atomic E-state index is 13.1. The second kappa shape index (κ2) is 15.7. The van der Waals surface area contributed by atoms with Gasteiger partial charge >= 0.3 is 5.97 Å². The number of carboxylic acids is 1. The number of benzene rings is 5. The Balaban J connectivity index is 1.21. The van der Waals surface area contributed by atoms with Gasteiger partial charge in [0, 0.05) is 35.0 Å². The molecule has 0 aliphatic rings. The maximum Gasteiger partial charge on any atom is 0.326 e. The molecular formula is C39H34N2O5. The van der Waals surface area contributed by atoms with Gasteiger partial charge < -0.3 is 20.1 Å². The summed E-state index contributed by atoms with van der Waals surface area (Å²) in [4.78, 5) is 40.1. The summed E-state index contributed by atoms with van der Waals surface area (Å²) in [5.41, 5.74) is 3.88. The molecule has 2 N–H and O–H groups in total. The van der Waals surface area contributed by atoms with Gasteiger partial charge in [-0.05, 0) is 53.6 Å². The monoisotopic (exact) mass is 610 g/mol. The molecule has 0 aromatic heterocycles. The minimum atomic E-state index is -1.03. The van der Waals surface area contributed by atoms with Gasteiger partial charge in [0.25, 0.3) is 5.91 Å². The van der Waals surface area contributed by atoms with Gasteiger partial charge in [0.2, 0.25) is 0 Å². The van der Waals surface area contributed by atoms with Crippen molar-refractivity contribution in [2.45, 2.75) is 12.5 Å². The maximum absolute atomic E-state index is 13.1. The molecule has 0 unspecified atom stereocenters. The van der Waals surface area contributed by atoms with Gasteiger partial charge in [0.1, 0.15) is 18.4 Å². The fourth-order valence-corrected chi connectivity index (χ4v) is 4.95. The molecule has 0 bridgehead atoms. The highest BCUT2D eigenvalue weighted by molar-refractivity contribution is 6.12. The Morgan fingerprint density at radius 2 is 1.35 bits per heavy atom. The smallest absolute Gasteiger partial charge is 0.326 e. The van der Waals surface area contributed by atoms with E-state index in [1.807, 2.05) is 78.9 Å². The van der Waals surface area contributed by atoms with Gasteiger partial charge in [-0.1, -0.05) is 103 Å². The zero-order valence-electron chi connectivity index (χ0n) is 25.2. The van der Waals surface area contributed by atoms with E-state index in [4.69, 9.17) is 4.74 Å². The molecule has 0 fully saturated rings. The van der Waals surface area contributed by atoms with Crippen LogP contribution in [0, 0.1) is 0 Å².